The van der Waals surface area contributed by atoms with Crippen LogP contribution < -0.4 is 9.47 Å². The van der Waals surface area contributed by atoms with E-state index in [0.717, 1.165) is 34.1 Å². The number of benzene rings is 12. The molecule has 0 N–H and O–H groups in total. The quantitative estimate of drug-likeness (QED) is 0.165. The molecule has 2 heteroatoms. The van der Waals surface area contributed by atoms with Crippen molar-refractivity contribution in [2.75, 3.05) is 0 Å². The largest absolute Gasteiger partial charge is 0.456 e. The molecule has 12 aromatic rings. The molecule has 14 rings (SSSR count). The summed E-state index contributed by atoms with van der Waals surface area (Å²) >= 11 is 0. The van der Waals surface area contributed by atoms with Gasteiger partial charge in [-0.25, -0.2) is 0 Å². The number of ether oxygens (including phenoxy) is 2. The lowest BCUT2D eigenvalue weighted by Gasteiger charge is -2.22. The zero-order valence-corrected chi connectivity index (χ0v) is 33.4. The zero-order valence-electron chi connectivity index (χ0n) is 33.4. The molecular formula is C60H34O2. The van der Waals surface area contributed by atoms with Gasteiger partial charge in [-0.2, -0.15) is 0 Å². The van der Waals surface area contributed by atoms with Gasteiger partial charge in [-0.3, -0.25) is 0 Å². The molecule has 0 bridgehead atoms. The lowest BCUT2D eigenvalue weighted by atomic mass is 9.86. The van der Waals surface area contributed by atoms with Gasteiger partial charge < -0.3 is 9.47 Å². The highest BCUT2D eigenvalue weighted by molar-refractivity contribution is 6.27. The summed E-state index contributed by atoms with van der Waals surface area (Å²) in [6.07, 6.45) is 0. The molecule has 62 heavy (non-hydrogen) atoms. The first-order valence-corrected chi connectivity index (χ1v) is 21.3. The Morgan fingerprint density at radius 1 is 0.194 bits per heavy atom. The highest BCUT2D eigenvalue weighted by Crippen LogP contribution is 2.51. The van der Waals surface area contributed by atoms with Gasteiger partial charge in [0.1, 0.15) is 23.0 Å². The fraction of sp³-hybridized carbons (Fsp3) is 0. The standard InChI is InChI=1S/C60H34O2/c1-3-12-53-45(7-1)49-10-5-9-47-44(33-34-56(62-53)59(47)49)38-21-17-36(18-22-38)42-28-24-40-25-29-50-41(27-23-39-26-30-51(42)58(40)57(39)50)35-15-19-37(20-16-35)43-31-32-52-46-8-2-4-13-54(46)61-55-14-6-11-48(43)60(52)55/h1-34H. The molecule has 12 aromatic carbocycles. The molecule has 0 saturated carbocycles. The molecule has 0 aromatic heterocycles. The average molecular weight is 787 g/mol. The minimum atomic E-state index is 0.909. The predicted molar refractivity (Wildman–Crippen MR) is 258 cm³/mol. The minimum Gasteiger partial charge on any atom is -0.456 e. The van der Waals surface area contributed by atoms with Crippen LogP contribution >= 0.6 is 0 Å². The van der Waals surface area contributed by atoms with Crippen LogP contribution in [-0.2, 0) is 0 Å². The van der Waals surface area contributed by atoms with Crippen LogP contribution in [0.25, 0.3) is 121 Å². The molecule has 0 amide bonds. The van der Waals surface area contributed by atoms with E-state index in [4.69, 9.17) is 9.47 Å². The van der Waals surface area contributed by atoms with Crippen molar-refractivity contribution in [3.8, 4) is 89.8 Å². The predicted octanol–water partition coefficient (Wildman–Crippen LogP) is 17.1. The normalized spacial score (nSPS) is 12.5. The van der Waals surface area contributed by atoms with Crippen molar-refractivity contribution in [1.82, 2.24) is 0 Å². The van der Waals surface area contributed by atoms with Crippen LogP contribution in [0.1, 0.15) is 0 Å². The van der Waals surface area contributed by atoms with Crippen LogP contribution in [0.15, 0.2) is 206 Å². The first-order valence-electron chi connectivity index (χ1n) is 21.3. The van der Waals surface area contributed by atoms with Crippen LogP contribution in [0.4, 0.5) is 0 Å². The van der Waals surface area contributed by atoms with Gasteiger partial charge in [0.05, 0.1) is 0 Å². The maximum atomic E-state index is 6.39. The second-order valence-electron chi connectivity index (χ2n) is 16.7. The van der Waals surface area contributed by atoms with Crippen molar-refractivity contribution < 1.29 is 9.47 Å². The summed E-state index contributed by atoms with van der Waals surface area (Å²) in [5, 5.41) is 12.4. The number of hydrogen-bond donors (Lipinski definition) is 0. The third-order valence-corrected chi connectivity index (χ3v) is 13.5. The topological polar surface area (TPSA) is 18.5 Å². The third-order valence-electron chi connectivity index (χ3n) is 13.5. The van der Waals surface area contributed by atoms with Crippen molar-refractivity contribution in [2.24, 2.45) is 0 Å². The smallest absolute Gasteiger partial charge is 0.135 e. The van der Waals surface area contributed by atoms with E-state index in [9.17, 15) is 0 Å². The summed E-state index contributed by atoms with van der Waals surface area (Å²) in [4.78, 5) is 0. The van der Waals surface area contributed by atoms with Crippen LogP contribution in [0.3, 0.4) is 0 Å². The van der Waals surface area contributed by atoms with E-state index in [1.807, 2.05) is 24.3 Å². The summed E-state index contributed by atoms with van der Waals surface area (Å²) in [5.41, 5.74) is 14.4. The maximum absolute atomic E-state index is 6.39. The van der Waals surface area contributed by atoms with Crippen molar-refractivity contribution in [2.45, 2.75) is 0 Å². The third kappa shape index (κ3) is 4.75. The summed E-state index contributed by atoms with van der Waals surface area (Å²) in [5.74, 6) is 3.64. The van der Waals surface area contributed by atoms with E-state index in [1.165, 1.54) is 109 Å². The van der Waals surface area contributed by atoms with E-state index in [0.29, 0.717) is 0 Å². The van der Waals surface area contributed by atoms with Gasteiger partial charge in [0.15, 0.2) is 0 Å². The van der Waals surface area contributed by atoms with Crippen LogP contribution in [-0.4, -0.2) is 0 Å². The molecule has 0 radical (unpaired) electrons. The van der Waals surface area contributed by atoms with E-state index in [-0.39, 0.29) is 0 Å². The van der Waals surface area contributed by atoms with E-state index in [1.54, 1.807) is 0 Å². The lowest BCUT2D eigenvalue weighted by molar-refractivity contribution is 0.487. The molecule has 0 atom stereocenters. The monoisotopic (exact) mass is 786 g/mol. The molecule has 2 aliphatic rings. The number of rotatable bonds is 4. The van der Waals surface area contributed by atoms with E-state index in [2.05, 4.69) is 182 Å². The Kier molecular flexibility index (Phi) is 6.86. The molecule has 2 heterocycles. The van der Waals surface area contributed by atoms with Crippen LogP contribution in [0.5, 0.6) is 23.0 Å². The fourth-order valence-electron chi connectivity index (χ4n) is 10.6. The van der Waals surface area contributed by atoms with Gasteiger partial charge in [0.2, 0.25) is 0 Å². The van der Waals surface area contributed by atoms with Gasteiger partial charge in [-0.15, -0.1) is 0 Å². The number of fused-ring (bicyclic) bond motifs is 4. The zero-order chi connectivity index (χ0) is 40.5. The van der Waals surface area contributed by atoms with Crippen molar-refractivity contribution in [3.63, 3.8) is 0 Å². The maximum Gasteiger partial charge on any atom is 0.135 e. The molecule has 0 fully saturated rings. The lowest BCUT2D eigenvalue weighted by Crippen LogP contribution is -1.97. The summed E-state index contributed by atoms with van der Waals surface area (Å²) in [6.45, 7) is 0. The highest BCUT2D eigenvalue weighted by atomic mass is 16.5. The van der Waals surface area contributed by atoms with Gasteiger partial charge in [-0.05, 0) is 123 Å². The molecule has 0 spiro atoms. The van der Waals surface area contributed by atoms with Gasteiger partial charge >= 0.3 is 0 Å². The molecule has 0 unspecified atom stereocenters. The Hall–Kier alpha value is -8.20. The molecular weight excluding hydrogens is 753 g/mol. The Balaban J connectivity index is 0.839. The van der Waals surface area contributed by atoms with Gasteiger partial charge in [-0.1, -0.05) is 182 Å². The fourth-order valence-corrected chi connectivity index (χ4v) is 10.6. The molecule has 286 valence electrons. The van der Waals surface area contributed by atoms with E-state index < -0.39 is 0 Å². The molecule has 0 aliphatic carbocycles. The van der Waals surface area contributed by atoms with Crippen LogP contribution in [0, 0.1) is 0 Å². The van der Waals surface area contributed by atoms with Gasteiger partial charge in [0, 0.05) is 21.9 Å². The Morgan fingerprint density at radius 2 is 0.532 bits per heavy atom. The SMILES string of the molecule is c1ccc2c(c1)Oc1ccc(-c3ccc(-c4ccc5ccc6c(-c7ccc(-c8ccc9c%10c(cccc8%10)Oc8ccccc8-9)cc7)ccc7ccc4c5c76)cc3)c3cccc-2c13. The molecule has 2 nitrogen and oxygen atoms in total. The average Bonchev–Trinajstić information content (AvgIpc) is 3.34. The summed E-state index contributed by atoms with van der Waals surface area (Å²) < 4.78 is 12.8. The minimum absolute atomic E-state index is 0.909. The van der Waals surface area contributed by atoms with Crippen molar-refractivity contribution in [3.05, 3.63) is 206 Å². The summed E-state index contributed by atoms with van der Waals surface area (Å²) in [6, 6.07) is 75.1. The van der Waals surface area contributed by atoms with Crippen LogP contribution in [0.2, 0.25) is 0 Å². The van der Waals surface area contributed by atoms with Crippen molar-refractivity contribution in [1.29, 1.82) is 0 Å². The Labute approximate surface area is 357 Å². The highest BCUT2D eigenvalue weighted by Gasteiger charge is 2.23. The second kappa shape index (κ2) is 12.7. The van der Waals surface area contributed by atoms with E-state index >= 15 is 0 Å². The summed E-state index contributed by atoms with van der Waals surface area (Å²) in [7, 11) is 0. The second-order valence-corrected chi connectivity index (χ2v) is 16.7. The Bertz CT molecular complexity index is 3630. The number of hydrogen-bond acceptors (Lipinski definition) is 2. The first kappa shape index (κ1) is 33.6. The number of para-hydroxylation sites is 2. The first-order chi connectivity index (χ1) is 30.7. The molecule has 0 saturated heterocycles. The van der Waals surface area contributed by atoms with Gasteiger partial charge in [0.25, 0.3) is 0 Å². The Morgan fingerprint density at radius 3 is 1.05 bits per heavy atom. The molecule has 2 aliphatic heterocycles. The van der Waals surface area contributed by atoms with Crippen molar-refractivity contribution >= 4 is 53.9 Å².